The van der Waals surface area contributed by atoms with Gasteiger partial charge in [-0.15, -0.1) is 0 Å². The number of rotatable bonds is 0. The molecule has 0 N–H and O–H groups in total. The molecular formula is CsIO3. The van der Waals surface area contributed by atoms with Gasteiger partial charge in [0.15, 0.2) is 0 Å². The SMILES string of the molecule is [Cs+].[O-][I+2]([O-])[O-]. The predicted octanol–water partition coefficient (Wildman–Crippen LogP) is -9.56. The molecule has 0 saturated carbocycles. The molecule has 0 heterocycles. The second-order valence-electron chi connectivity index (χ2n) is 0.189. The van der Waals surface area contributed by atoms with Crippen molar-refractivity contribution in [3.8, 4) is 0 Å². The fourth-order valence-electron chi connectivity index (χ4n) is 0. The van der Waals surface area contributed by atoms with Gasteiger partial charge >= 0.3 is 68.9 Å². The van der Waals surface area contributed by atoms with E-state index in [1.165, 1.54) is 0 Å². The fraction of sp³-hybridized carbons (Fsp3) is 0. The molecule has 0 aromatic heterocycles. The van der Waals surface area contributed by atoms with Crippen LogP contribution in [0.3, 0.4) is 0 Å². The maximum Gasteiger partial charge on any atom is 1.00 e. The first-order valence-electron chi connectivity index (χ1n) is 0.463. The van der Waals surface area contributed by atoms with Crippen molar-refractivity contribution in [2.45, 2.75) is 0 Å². The van der Waals surface area contributed by atoms with Crippen LogP contribution in [0, 0.1) is 0 Å². The smallest absolute Gasteiger partial charge is 0.427 e. The van der Waals surface area contributed by atoms with Gasteiger partial charge in [-0.1, -0.05) is 0 Å². The zero-order valence-electron chi connectivity index (χ0n) is 2.60. The van der Waals surface area contributed by atoms with Gasteiger partial charge in [-0.25, -0.2) is 0 Å². The van der Waals surface area contributed by atoms with Crippen molar-refractivity contribution in [3.63, 3.8) is 0 Å². The van der Waals surface area contributed by atoms with E-state index in [1.54, 1.807) is 0 Å². The van der Waals surface area contributed by atoms with Crippen LogP contribution in [-0.4, -0.2) is 0 Å². The van der Waals surface area contributed by atoms with Crippen molar-refractivity contribution in [1.82, 2.24) is 0 Å². The molecule has 0 unspecified atom stereocenters. The molecule has 3 nitrogen and oxygen atoms in total. The summed E-state index contributed by atoms with van der Waals surface area (Å²) in [6, 6.07) is 0. The minimum Gasteiger partial charge on any atom is -0.427 e. The third kappa shape index (κ3) is 20.4. The van der Waals surface area contributed by atoms with E-state index >= 15 is 0 Å². The topological polar surface area (TPSA) is 69.2 Å². The van der Waals surface area contributed by atoms with Crippen molar-refractivity contribution >= 4 is 0 Å². The Morgan fingerprint density at radius 3 is 1.00 bits per heavy atom. The van der Waals surface area contributed by atoms with Gasteiger partial charge in [0.05, 0.1) is 0 Å². The Morgan fingerprint density at radius 1 is 1.00 bits per heavy atom. The first kappa shape index (κ1) is 10.6. The Bertz CT molecular complexity index is 11.6. The summed E-state index contributed by atoms with van der Waals surface area (Å²) in [5.74, 6) is 0. The van der Waals surface area contributed by atoms with Gasteiger partial charge in [-0.05, 0) is 0 Å². The van der Waals surface area contributed by atoms with Gasteiger partial charge in [0.25, 0.3) is 21.1 Å². The molecule has 26 valence electrons. The molecule has 0 aromatic carbocycles. The Labute approximate surface area is 97.2 Å². The van der Waals surface area contributed by atoms with Crippen LogP contribution in [0.2, 0.25) is 0 Å². The second-order valence-corrected chi connectivity index (χ2v) is 1.27. The quantitative estimate of drug-likeness (QED) is 0.417. The van der Waals surface area contributed by atoms with Crippen LogP contribution >= 0.6 is 0 Å². The van der Waals surface area contributed by atoms with E-state index in [9.17, 15) is 0 Å². The van der Waals surface area contributed by atoms with Crippen molar-refractivity contribution < 1.29 is 100 Å². The van der Waals surface area contributed by atoms with Crippen LogP contribution in [0.1, 0.15) is 0 Å². The van der Waals surface area contributed by atoms with Gasteiger partial charge in [0.1, 0.15) is 0 Å². The third-order valence-corrected chi connectivity index (χ3v) is 0. The van der Waals surface area contributed by atoms with E-state index in [0.29, 0.717) is 0 Å². The Hall–Kier alpha value is 2.66. The summed E-state index contributed by atoms with van der Waals surface area (Å²) < 4.78 is 25.7. The Morgan fingerprint density at radius 2 is 1.00 bits per heavy atom. The molecule has 0 rings (SSSR count). The minimum absolute atomic E-state index is 0. The molecule has 0 bridgehead atoms. The van der Waals surface area contributed by atoms with E-state index < -0.39 is 21.1 Å². The monoisotopic (exact) mass is 308 g/mol. The van der Waals surface area contributed by atoms with Crippen LogP contribution in [0.15, 0.2) is 0 Å². The van der Waals surface area contributed by atoms with Crippen LogP contribution < -0.4 is 100 Å². The molecule has 0 aliphatic heterocycles. The number of halogens is 1. The first-order chi connectivity index (χ1) is 1.73. The second kappa shape index (κ2) is 6.66. The first-order valence-corrected chi connectivity index (χ1v) is 3.11. The maximum absolute atomic E-state index is 8.57. The molecule has 0 aromatic rings. The van der Waals surface area contributed by atoms with E-state index in [2.05, 4.69) is 0 Å². The van der Waals surface area contributed by atoms with Crippen LogP contribution in [0.4, 0.5) is 0 Å². The predicted molar refractivity (Wildman–Crippen MR) is 0 cm³/mol. The van der Waals surface area contributed by atoms with Crippen molar-refractivity contribution in [2.75, 3.05) is 0 Å². The molecule has 0 saturated heterocycles. The zero-order chi connectivity index (χ0) is 3.58. The molecule has 5 heteroatoms. The van der Waals surface area contributed by atoms with Crippen LogP contribution in [0.5, 0.6) is 0 Å². The standard InChI is InChI=1S/Cs.IO3/c;2-1(3)4/q+1;-1. The van der Waals surface area contributed by atoms with Crippen molar-refractivity contribution in [3.05, 3.63) is 0 Å². The fourth-order valence-corrected chi connectivity index (χ4v) is 0. The van der Waals surface area contributed by atoms with Crippen molar-refractivity contribution in [1.29, 1.82) is 0 Å². The molecule has 0 atom stereocenters. The van der Waals surface area contributed by atoms with Gasteiger partial charge in [0.2, 0.25) is 0 Å². The molecule has 0 aliphatic carbocycles. The van der Waals surface area contributed by atoms with Crippen LogP contribution in [-0.2, 0) is 0 Å². The van der Waals surface area contributed by atoms with Gasteiger partial charge in [-0.2, -0.15) is 0 Å². The largest absolute Gasteiger partial charge is 1.00 e. The molecule has 0 amide bonds. The molecular weight excluding hydrogens is 308 g/mol. The zero-order valence-corrected chi connectivity index (χ0v) is 11.0. The molecule has 0 radical (unpaired) electrons. The summed E-state index contributed by atoms with van der Waals surface area (Å²) in [7, 11) is 0. The average Bonchev–Trinajstić information content (AvgIpc) is 0.811. The Balaban J connectivity index is 0. The third-order valence-electron chi connectivity index (χ3n) is 0. The summed E-state index contributed by atoms with van der Waals surface area (Å²) in [5.41, 5.74) is 0. The maximum atomic E-state index is 8.57. The summed E-state index contributed by atoms with van der Waals surface area (Å²) >= 11 is -4.01. The Kier molecular flexibility index (Phi) is 14.1. The van der Waals surface area contributed by atoms with Gasteiger partial charge in [0, 0.05) is 0 Å². The van der Waals surface area contributed by atoms with E-state index in [1.807, 2.05) is 0 Å². The summed E-state index contributed by atoms with van der Waals surface area (Å²) in [5, 5.41) is 0. The summed E-state index contributed by atoms with van der Waals surface area (Å²) in [6.45, 7) is 0. The summed E-state index contributed by atoms with van der Waals surface area (Å²) in [4.78, 5) is 0. The van der Waals surface area contributed by atoms with Crippen molar-refractivity contribution in [2.24, 2.45) is 0 Å². The normalized spacial score (nSPS) is 7.20. The molecule has 0 fully saturated rings. The molecule has 5 heavy (non-hydrogen) atoms. The minimum atomic E-state index is -4.01. The van der Waals surface area contributed by atoms with E-state index in [-0.39, 0.29) is 68.9 Å². The van der Waals surface area contributed by atoms with Gasteiger partial charge in [-0.3, -0.25) is 0 Å². The number of hydrogen-bond acceptors (Lipinski definition) is 3. The molecule has 0 aliphatic rings. The van der Waals surface area contributed by atoms with E-state index in [4.69, 9.17) is 10.3 Å². The van der Waals surface area contributed by atoms with Gasteiger partial charge < -0.3 is 10.3 Å². The van der Waals surface area contributed by atoms with E-state index in [0.717, 1.165) is 0 Å². The number of hydrogen-bond donors (Lipinski definition) is 0. The average molecular weight is 308 g/mol. The molecule has 0 spiro atoms. The summed E-state index contributed by atoms with van der Waals surface area (Å²) in [6.07, 6.45) is 0. The van der Waals surface area contributed by atoms with Crippen LogP contribution in [0.25, 0.3) is 0 Å².